The molecule has 0 radical (unpaired) electrons. The molecule has 0 amide bonds. The quantitative estimate of drug-likeness (QED) is 0.778. The van der Waals surface area contributed by atoms with E-state index in [0.29, 0.717) is 5.92 Å². The van der Waals surface area contributed by atoms with Crippen LogP contribution in [0.15, 0.2) is 51.8 Å². The Morgan fingerprint density at radius 1 is 1.26 bits per heavy atom. The van der Waals surface area contributed by atoms with Crippen molar-refractivity contribution in [3.63, 3.8) is 0 Å². The average molecular weight is 335 g/mol. The predicted octanol–water partition coefficient (Wildman–Crippen LogP) is 5.03. The summed E-state index contributed by atoms with van der Waals surface area (Å²) in [6, 6.07) is 14.8. The third-order valence-corrected chi connectivity index (χ3v) is 5.52. The maximum Gasteiger partial charge on any atom is 0.119 e. The van der Waals surface area contributed by atoms with Crippen molar-refractivity contribution < 1.29 is 4.74 Å². The first kappa shape index (κ1) is 13.1. The van der Waals surface area contributed by atoms with E-state index in [4.69, 9.17) is 4.74 Å². The Kier molecular flexibility index (Phi) is 3.85. The third-order valence-electron chi connectivity index (χ3n) is 3.38. The Hall–Kier alpha value is -0.930. The first-order chi connectivity index (χ1) is 9.24. The van der Waals surface area contributed by atoms with Crippen molar-refractivity contribution in [3.8, 4) is 5.75 Å². The molecule has 0 N–H and O–H groups in total. The molecule has 1 aliphatic heterocycles. The van der Waals surface area contributed by atoms with Crippen molar-refractivity contribution in [1.29, 1.82) is 0 Å². The smallest absolute Gasteiger partial charge is 0.119 e. The molecule has 0 aromatic heterocycles. The molecule has 3 rings (SSSR count). The Balaban J connectivity index is 1.69. The molecule has 0 bridgehead atoms. The minimum absolute atomic E-state index is 0.505. The van der Waals surface area contributed by atoms with Gasteiger partial charge in [-0.1, -0.05) is 34.1 Å². The molecule has 1 nitrogen and oxygen atoms in total. The van der Waals surface area contributed by atoms with E-state index in [1.165, 1.54) is 16.0 Å². The summed E-state index contributed by atoms with van der Waals surface area (Å²) < 4.78 is 7.07. The summed E-state index contributed by atoms with van der Waals surface area (Å²) in [4.78, 5) is 1.41. The topological polar surface area (TPSA) is 9.23 Å². The molecule has 0 saturated carbocycles. The molecule has 1 aliphatic rings. The van der Waals surface area contributed by atoms with E-state index < -0.39 is 0 Å². The van der Waals surface area contributed by atoms with E-state index in [1.807, 2.05) is 23.9 Å². The standard InChI is InChI=1S/C16H15BrOS/c1-11-8-13(6-7-15(11)17)18-9-12-10-19-16-5-3-2-4-14(12)16/h2-8,12H,9-10H2,1H3. The van der Waals surface area contributed by atoms with Gasteiger partial charge in [-0.2, -0.15) is 0 Å². The van der Waals surface area contributed by atoms with Crippen molar-refractivity contribution in [3.05, 3.63) is 58.1 Å². The van der Waals surface area contributed by atoms with Crippen LogP contribution >= 0.6 is 27.7 Å². The van der Waals surface area contributed by atoms with E-state index >= 15 is 0 Å². The molecule has 2 aromatic carbocycles. The second kappa shape index (κ2) is 5.59. The molecule has 0 saturated heterocycles. The van der Waals surface area contributed by atoms with Crippen LogP contribution in [-0.4, -0.2) is 12.4 Å². The first-order valence-electron chi connectivity index (χ1n) is 6.35. The number of ether oxygens (including phenoxy) is 1. The maximum absolute atomic E-state index is 5.95. The third kappa shape index (κ3) is 2.82. The van der Waals surface area contributed by atoms with E-state index in [2.05, 4.69) is 53.2 Å². The Bertz CT molecular complexity index is 597. The molecular weight excluding hydrogens is 320 g/mol. The lowest BCUT2D eigenvalue weighted by Gasteiger charge is -2.13. The summed E-state index contributed by atoms with van der Waals surface area (Å²) in [5.41, 5.74) is 2.64. The molecule has 1 atom stereocenters. The zero-order valence-electron chi connectivity index (χ0n) is 10.7. The molecule has 98 valence electrons. The van der Waals surface area contributed by atoms with E-state index in [9.17, 15) is 0 Å². The van der Waals surface area contributed by atoms with Crippen LogP contribution in [0.2, 0.25) is 0 Å². The van der Waals surface area contributed by atoms with Crippen LogP contribution in [0.3, 0.4) is 0 Å². The number of hydrogen-bond acceptors (Lipinski definition) is 2. The highest BCUT2D eigenvalue weighted by atomic mass is 79.9. The van der Waals surface area contributed by atoms with Crippen LogP contribution in [0.25, 0.3) is 0 Å². The van der Waals surface area contributed by atoms with E-state index in [1.54, 1.807) is 0 Å². The van der Waals surface area contributed by atoms with Gasteiger partial charge in [0.15, 0.2) is 0 Å². The number of fused-ring (bicyclic) bond motifs is 1. The van der Waals surface area contributed by atoms with Crippen LogP contribution in [0, 0.1) is 6.92 Å². The van der Waals surface area contributed by atoms with Gasteiger partial charge in [-0.25, -0.2) is 0 Å². The van der Waals surface area contributed by atoms with Crippen LogP contribution in [0.4, 0.5) is 0 Å². The number of halogens is 1. The second-order valence-corrected chi connectivity index (χ2v) is 6.68. The zero-order chi connectivity index (χ0) is 13.2. The van der Waals surface area contributed by atoms with Gasteiger partial charge < -0.3 is 4.74 Å². The minimum Gasteiger partial charge on any atom is -0.493 e. The fourth-order valence-corrected chi connectivity index (χ4v) is 3.75. The monoisotopic (exact) mass is 334 g/mol. The number of hydrogen-bond donors (Lipinski definition) is 0. The predicted molar refractivity (Wildman–Crippen MR) is 84.3 cm³/mol. The molecule has 3 heteroatoms. The largest absolute Gasteiger partial charge is 0.493 e. The van der Waals surface area contributed by atoms with E-state index in [-0.39, 0.29) is 0 Å². The summed E-state index contributed by atoms with van der Waals surface area (Å²) in [6.07, 6.45) is 0. The van der Waals surface area contributed by atoms with Gasteiger partial charge in [-0.3, -0.25) is 0 Å². The minimum atomic E-state index is 0.505. The van der Waals surface area contributed by atoms with Gasteiger partial charge in [-0.05, 0) is 42.3 Å². The summed E-state index contributed by atoms with van der Waals surface area (Å²) >= 11 is 5.44. The molecular formula is C16H15BrOS. The lowest BCUT2D eigenvalue weighted by Crippen LogP contribution is -2.09. The number of thioether (sulfide) groups is 1. The number of rotatable bonds is 3. The van der Waals surface area contributed by atoms with Gasteiger partial charge in [-0.15, -0.1) is 11.8 Å². The molecule has 1 unspecified atom stereocenters. The Morgan fingerprint density at radius 2 is 2.11 bits per heavy atom. The molecule has 0 spiro atoms. The Labute approximate surface area is 126 Å². The van der Waals surface area contributed by atoms with Gasteiger partial charge in [0.25, 0.3) is 0 Å². The van der Waals surface area contributed by atoms with Crippen molar-refractivity contribution in [2.24, 2.45) is 0 Å². The molecule has 2 aromatic rings. The summed E-state index contributed by atoms with van der Waals surface area (Å²) in [5.74, 6) is 2.58. The molecule has 1 heterocycles. The van der Waals surface area contributed by atoms with Gasteiger partial charge >= 0.3 is 0 Å². The van der Waals surface area contributed by atoms with Gasteiger partial charge in [0.1, 0.15) is 5.75 Å². The van der Waals surface area contributed by atoms with E-state index in [0.717, 1.165) is 22.6 Å². The normalized spacial score (nSPS) is 17.3. The van der Waals surface area contributed by atoms with Gasteiger partial charge in [0, 0.05) is 21.0 Å². The highest BCUT2D eigenvalue weighted by Crippen LogP contribution is 2.39. The van der Waals surface area contributed by atoms with Crippen LogP contribution in [0.1, 0.15) is 17.0 Å². The summed E-state index contributed by atoms with van der Waals surface area (Å²) in [7, 11) is 0. The lowest BCUT2D eigenvalue weighted by atomic mass is 10.0. The number of benzene rings is 2. The summed E-state index contributed by atoms with van der Waals surface area (Å²) in [6.45, 7) is 2.84. The molecule has 19 heavy (non-hydrogen) atoms. The fourth-order valence-electron chi connectivity index (χ4n) is 2.27. The molecule has 0 aliphatic carbocycles. The summed E-state index contributed by atoms with van der Waals surface area (Å²) in [5, 5.41) is 0. The van der Waals surface area contributed by atoms with Crippen LogP contribution < -0.4 is 4.74 Å². The highest BCUT2D eigenvalue weighted by molar-refractivity contribution is 9.10. The first-order valence-corrected chi connectivity index (χ1v) is 8.12. The van der Waals surface area contributed by atoms with Crippen molar-refractivity contribution in [2.45, 2.75) is 17.7 Å². The van der Waals surface area contributed by atoms with Gasteiger partial charge in [0.2, 0.25) is 0 Å². The zero-order valence-corrected chi connectivity index (χ0v) is 13.1. The number of aryl methyl sites for hydroxylation is 1. The van der Waals surface area contributed by atoms with Gasteiger partial charge in [0.05, 0.1) is 6.61 Å². The SMILES string of the molecule is Cc1cc(OCC2CSc3ccccc32)ccc1Br. The van der Waals surface area contributed by atoms with Crippen LogP contribution in [0.5, 0.6) is 5.75 Å². The average Bonchev–Trinajstić information content (AvgIpc) is 2.83. The van der Waals surface area contributed by atoms with Crippen molar-refractivity contribution in [1.82, 2.24) is 0 Å². The fraction of sp³-hybridized carbons (Fsp3) is 0.250. The molecule has 0 fully saturated rings. The highest BCUT2D eigenvalue weighted by Gasteiger charge is 2.23. The lowest BCUT2D eigenvalue weighted by molar-refractivity contribution is 0.298. The maximum atomic E-state index is 5.95. The van der Waals surface area contributed by atoms with Crippen molar-refractivity contribution in [2.75, 3.05) is 12.4 Å². The Morgan fingerprint density at radius 3 is 2.95 bits per heavy atom. The second-order valence-electron chi connectivity index (χ2n) is 4.77. The van der Waals surface area contributed by atoms with Crippen LogP contribution in [-0.2, 0) is 0 Å². The van der Waals surface area contributed by atoms with Crippen molar-refractivity contribution >= 4 is 27.7 Å².